The van der Waals surface area contributed by atoms with Crippen LogP contribution in [-0.2, 0) is 0 Å². The highest BCUT2D eigenvalue weighted by molar-refractivity contribution is 5.82. The van der Waals surface area contributed by atoms with Crippen molar-refractivity contribution in [3.63, 3.8) is 0 Å². The molecule has 0 radical (unpaired) electrons. The lowest BCUT2D eigenvalue weighted by atomic mass is 10.1. The Bertz CT molecular complexity index is 947. The number of benzene rings is 1. The number of aromatic amines is 1. The molecule has 2 heterocycles. The molecule has 0 saturated heterocycles. The number of hydrogen-bond acceptors (Lipinski definition) is 4. The topological polar surface area (TPSA) is 89.6 Å². The maximum absolute atomic E-state index is 13.3. The van der Waals surface area contributed by atoms with Crippen LogP contribution in [-0.4, -0.2) is 19.7 Å². The molecule has 6 nitrogen and oxygen atoms in total. The smallest absolute Gasteiger partial charge is 0.267 e. The van der Waals surface area contributed by atoms with Crippen LogP contribution in [0.1, 0.15) is 36.7 Å². The van der Waals surface area contributed by atoms with Gasteiger partial charge in [0, 0.05) is 11.6 Å². The third-order valence-corrected chi connectivity index (χ3v) is 4.35. The average molecular weight is 331 g/mol. The van der Waals surface area contributed by atoms with E-state index in [9.17, 15) is 13.6 Å². The number of H-pyrrole nitrogens is 1. The summed E-state index contributed by atoms with van der Waals surface area (Å²) in [7, 11) is 0. The minimum absolute atomic E-state index is 0.0890. The molecule has 0 bridgehead atoms. The first-order valence-electron chi connectivity index (χ1n) is 7.67. The van der Waals surface area contributed by atoms with Gasteiger partial charge >= 0.3 is 0 Å². The first-order valence-corrected chi connectivity index (χ1v) is 7.67. The van der Waals surface area contributed by atoms with Crippen LogP contribution in [0.2, 0.25) is 0 Å². The van der Waals surface area contributed by atoms with Gasteiger partial charge in [-0.3, -0.25) is 9.89 Å². The molecule has 3 aromatic rings. The molecular weight excluding hydrogens is 316 g/mol. The van der Waals surface area contributed by atoms with Crippen molar-refractivity contribution in [2.75, 3.05) is 0 Å². The van der Waals surface area contributed by atoms with Gasteiger partial charge in [0.2, 0.25) is 0 Å². The van der Waals surface area contributed by atoms with Gasteiger partial charge in [0.15, 0.2) is 0 Å². The molecule has 1 saturated carbocycles. The van der Waals surface area contributed by atoms with Gasteiger partial charge < -0.3 is 5.73 Å². The van der Waals surface area contributed by atoms with Gasteiger partial charge in [0.25, 0.3) is 12.0 Å². The van der Waals surface area contributed by atoms with E-state index in [0.29, 0.717) is 11.6 Å². The summed E-state index contributed by atoms with van der Waals surface area (Å²) in [6.45, 7) is 0. The summed E-state index contributed by atoms with van der Waals surface area (Å²) >= 11 is 0. The Labute approximate surface area is 135 Å². The van der Waals surface area contributed by atoms with Crippen molar-refractivity contribution in [2.24, 2.45) is 11.7 Å². The molecule has 1 atom stereocenters. The Hall–Kier alpha value is -2.61. The maximum atomic E-state index is 13.3. The predicted octanol–water partition coefficient (Wildman–Crippen LogP) is 2.46. The molecule has 0 unspecified atom stereocenters. The van der Waals surface area contributed by atoms with E-state index in [1.54, 1.807) is 12.1 Å². The zero-order valence-corrected chi connectivity index (χ0v) is 12.6. The summed E-state index contributed by atoms with van der Waals surface area (Å²) in [5.74, 6) is 0.983. The lowest BCUT2D eigenvalue weighted by molar-refractivity contribution is 0.153. The number of aromatic nitrogens is 4. The number of alkyl halides is 2. The highest BCUT2D eigenvalue weighted by atomic mass is 19.3. The first-order chi connectivity index (χ1) is 11.6. The summed E-state index contributed by atoms with van der Waals surface area (Å²) in [6.07, 6.45) is 0.656. The standard InChI is InChI=1S/C16H15F2N5O/c17-14(18)9-2-1-3-10-12(9)16(24)23(11-6-7-20-22-11)15(21-10)13(19)8-4-5-8/h1-3,6-8,13-14H,4-5,19H2,(H,20,22)/t13-/m0/s1. The third-order valence-electron chi connectivity index (χ3n) is 4.35. The lowest BCUT2D eigenvalue weighted by Crippen LogP contribution is -2.30. The molecule has 124 valence electrons. The second kappa shape index (κ2) is 5.48. The largest absolute Gasteiger partial charge is 0.321 e. The van der Waals surface area contributed by atoms with Crippen molar-refractivity contribution in [1.29, 1.82) is 0 Å². The zero-order chi connectivity index (χ0) is 16.8. The Balaban J connectivity index is 2.08. The molecule has 24 heavy (non-hydrogen) atoms. The van der Waals surface area contributed by atoms with E-state index in [-0.39, 0.29) is 22.4 Å². The molecular formula is C16H15F2N5O. The number of rotatable bonds is 4. The van der Waals surface area contributed by atoms with Gasteiger partial charge in [0.1, 0.15) is 11.6 Å². The molecule has 1 fully saturated rings. The number of nitrogens with one attached hydrogen (secondary N) is 1. The highest BCUT2D eigenvalue weighted by Gasteiger charge is 2.33. The van der Waals surface area contributed by atoms with E-state index in [0.717, 1.165) is 12.8 Å². The maximum Gasteiger partial charge on any atom is 0.267 e. The fourth-order valence-corrected chi connectivity index (χ4v) is 2.95. The van der Waals surface area contributed by atoms with Crippen LogP contribution >= 0.6 is 0 Å². The fourth-order valence-electron chi connectivity index (χ4n) is 2.95. The van der Waals surface area contributed by atoms with E-state index in [1.807, 2.05) is 0 Å². The van der Waals surface area contributed by atoms with Crippen LogP contribution < -0.4 is 11.3 Å². The van der Waals surface area contributed by atoms with E-state index >= 15 is 0 Å². The average Bonchev–Trinajstić information content (AvgIpc) is 3.29. The molecule has 1 aliphatic rings. The molecule has 1 aliphatic carbocycles. The molecule has 0 spiro atoms. The fraction of sp³-hybridized carbons (Fsp3) is 0.312. The molecule has 2 aromatic heterocycles. The van der Waals surface area contributed by atoms with Crippen molar-refractivity contribution in [1.82, 2.24) is 19.7 Å². The number of nitrogens with two attached hydrogens (primary N) is 1. The van der Waals surface area contributed by atoms with Crippen LogP contribution in [0, 0.1) is 5.92 Å². The molecule has 1 aromatic carbocycles. The SMILES string of the molecule is N[C@H](c1nc2cccc(C(F)F)c2c(=O)n1-c1ccn[nH]1)C1CC1. The van der Waals surface area contributed by atoms with Crippen LogP contribution in [0.25, 0.3) is 16.7 Å². The molecule has 8 heteroatoms. The van der Waals surface area contributed by atoms with Crippen molar-refractivity contribution < 1.29 is 8.78 Å². The summed E-state index contributed by atoms with van der Waals surface area (Å²) in [5, 5.41) is 6.44. The molecule has 0 amide bonds. The van der Waals surface area contributed by atoms with Gasteiger partial charge in [-0.25, -0.2) is 18.3 Å². The molecule has 4 rings (SSSR count). The van der Waals surface area contributed by atoms with Crippen molar-refractivity contribution in [2.45, 2.75) is 25.3 Å². The van der Waals surface area contributed by atoms with Crippen molar-refractivity contribution >= 4 is 10.9 Å². The quantitative estimate of drug-likeness (QED) is 0.768. The van der Waals surface area contributed by atoms with Gasteiger partial charge in [-0.15, -0.1) is 0 Å². The van der Waals surface area contributed by atoms with Gasteiger partial charge in [-0.1, -0.05) is 12.1 Å². The first kappa shape index (κ1) is 14.9. The second-order valence-electron chi connectivity index (χ2n) is 5.96. The van der Waals surface area contributed by atoms with Crippen LogP contribution in [0.3, 0.4) is 0 Å². The summed E-state index contributed by atoms with van der Waals surface area (Å²) in [4.78, 5) is 17.5. The Morgan fingerprint density at radius 3 is 2.71 bits per heavy atom. The summed E-state index contributed by atoms with van der Waals surface area (Å²) < 4.78 is 27.9. The number of halogens is 2. The normalized spacial score (nSPS) is 16.0. The molecule has 0 aliphatic heterocycles. The van der Waals surface area contributed by atoms with E-state index < -0.39 is 18.0 Å². The predicted molar refractivity (Wildman–Crippen MR) is 84.1 cm³/mol. The van der Waals surface area contributed by atoms with Gasteiger partial charge in [-0.2, -0.15) is 5.10 Å². The van der Waals surface area contributed by atoms with Gasteiger partial charge in [0.05, 0.1) is 23.1 Å². The summed E-state index contributed by atoms with van der Waals surface area (Å²) in [6, 6.07) is 5.43. The van der Waals surface area contributed by atoms with Crippen molar-refractivity contribution in [3.05, 3.63) is 52.2 Å². The number of nitrogens with zero attached hydrogens (tertiary/aromatic N) is 3. The monoisotopic (exact) mass is 331 g/mol. The van der Waals surface area contributed by atoms with E-state index in [4.69, 9.17) is 5.73 Å². The van der Waals surface area contributed by atoms with Crippen LogP contribution in [0.15, 0.2) is 35.3 Å². The van der Waals surface area contributed by atoms with Crippen LogP contribution in [0.4, 0.5) is 8.78 Å². The number of fused-ring (bicyclic) bond motifs is 1. The second-order valence-corrected chi connectivity index (χ2v) is 5.96. The third kappa shape index (κ3) is 2.30. The van der Waals surface area contributed by atoms with Crippen molar-refractivity contribution in [3.8, 4) is 5.82 Å². The Morgan fingerprint density at radius 2 is 2.08 bits per heavy atom. The minimum Gasteiger partial charge on any atom is -0.321 e. The molecule has 3 N–H and O–H groups in total. The van der Waals surface area contributed by atoms with E-state index in [2.05, 4.69) is 15.2 Å². The minimum atomic E-state index is -2.76. The van der Waals surface area contributed by atoms with Gasteiger partial charge in [-0.05, 0) is 24.8 Å². The van der Waals surface area contributed by atoms with E-state index in [1.165, 1.54) is 22.9 Å². The summed E-state index contributed by atoms with van der Waals surface area (Å²) in [5.41, 5.74) is 5.60. The number of hydrogen-bond donors (Lipinski definition) is 2. The Morgan fingerprint density at radius 1 is 1.29 bits per heavy atom. The Kier molecular flexibility index (Phi) is 3.42. The zero-order valence-electron chi connectivity index (χ0n) is 12.6. The highest BCUT2D eigenvalue weighted by Crippen LogP contribution is 2.39. The van der Waals surface area contributed by atoms with Crippen LogP contribution in [0.5, 0.6) is 0 Å². The lowest BCUT2D eigenvalue weighted by Gasteiger charge is -2.17.